The summed E-state index contributed by atoms with van der Waals surface area (Å²) in [5.41, 5.74) is 0.579. The Hall–Kier alpha value is -2.42. The summed E-state index contributed by atoms with van der Waals surface area (Å²) in [6.07, 6.45) is 1.40. The molecule has 1 atom stereocenters. The van der Waals surface area contributed by atoms with Crippen LogP contribution in [0.25, 0.3) is 0 Å². The molecule has 23 heavy (non-hydrogen) atoms. The lowest BCUT2D eigenvalue weighted by Crippen LogP contribution is -2.30. The summed E-state index contributed by atoms with van der Waals surface area (Å²) in [7, 11) is 0. The van der Waals surface area contributed by atoms with Crippen molar-refractivity contribution in [3.05, 3.63) is 58.2 Å². The number of halogens is 2. The Morgan fingerprint density at radius 3 is 2.61 bits per heavy atom. The van der Waals surface area contributed by atoms with Crippen LogP contribution in [0.15, 0.2) is 42.6 Å². The monoisotopic (exact) mass is 347 g/mol. The van der Waals surface area contributed by atoms with E-state index < -0.39 is 17.6 Å². The van der Waals surface area contributed by atoms with Crippen molar-refractivity contribution in [2.24, 2.45) is 5.92 Å². The molecule has 5 nitrogen and oxygen atoms in total. The van der Waals surface area contributed by atoms with E-state index in [0.717, 1.165) is 0 Å². The number of nitrogens with one attached hydrogen (secondary N) is 1. The van der Waals surface area contributed by atoms with Gasteiger partial charge < -0.3 is 5.32 Å². The minimum Gasteiger partial charge on any atom is -0.309 e. The van der Waals surface area contributed by atoms with E-state index in [1.54, 1.807) is 36.4 Å². The van der Waals surface area contributed by atoms with Gasteiger partial charge >= 0.3 is 0 Å². The Labute approximate surface area is 142 Å². The topological polar surface area (TPSA) is 82.8 Å². The third kappa shape index (κ3) is 4.52. The second-order valence-corrected chi connectivity index (χ2v) is 5.47. The molecule has 0 spiro atoms. The number of nitriles is 1. The zero-order chi connectivity index (χ0) is 16.8. The van der Waals surface area contributed by atoms with Gasteiger partial charge in [-0.3, -0.25) is 9.59 Å². The van der Waals surface area contributed by atoms with Crippen LogP contribution in [0.4, 0.5) is 5.82 Å². The minimum absolute atomic E-state index is 0.0925. The molecule has 116 valence electrons. The van der Waals surface area contributed by atoms with Crippen molar-refractivity contribution >= 4 is 40.7 Å². The van der Waals surface area contributed by atoms with Gasteiger partial charge in [-0.05, 0) is 29.8 Å². The molecule has 0 aliphatic heterocycles. The van der Waals surface area contributed by atoms with Crippen molar-refractivity contribution in [2.45, 2.75) is 6.42 Å². The standard InChI is InChI=1S/C16H11Cl2N3O2/c17-12-5-4-10(7-13(12)18)8-14(22)11(9-19)16(23)21-15-3-1-2-6-20-15/h1-7,11H,8H2,(H,20,21,23)/t11-/m1/s1. The maximum atomic E-state index is 12.2. The third-order valence-electron chi connectivity index (χ3n) is 2.99. The number of carbonyl (C=O) groups is 2. The van der Waals surface area contributed by atoms with Crippen LogP contribution in [-0.2, 0) is 16.0 Å². The molecule has 0 saturated heterocycles. The van der Waals surface area contributed by atoms with Crippen molar-refractivity contribution in [2.75, 3.05) is 5.32 Å². The summed E-state index contributed by atoms with van der Waals surface area (Å²) in [4.78, 5) is 28.2. The Kier molecular flexibility index (Phi) is 5.69. The Balaban J connectivity index is 2.07. The number of hydrogen-bond donors (Lipinski definition) is 1. The summed E-state index contributed by atoms with van der Waals surface area (Å²) in [6, 6.07) is 11.4. The van der Waals surface area contributed by atoms with E-state index in [9.17, 15) is 9.59 Å². The highest BCUT2D eigenvalue weighted by Gasteiger charge is 2.26. The maximum absolute atomic E-state index is 12.2. The van der Waals surface area contributed by atoms with E-state index in [2.05, 4.69) is 10.3 Å². The van der Waals surface area contributed by atoms with Crippen LogP contribution in [0.1, 0.15) is 5.56 Å². The number of hydrogen-bond acceptors (Lipinski definition) is 4. The number of anilines is 1. The van der Waals surface area contributed by atoms with Gasteiger partial charge in [0.1, 0.15) is 5.82 Å². The molecule has 1 N–H and O–H groups in total. The van der Waals surface area contributed by atoms with Crippen LogP contribution in [0, 0.1) is 17.2 Å². The zero-order valence-electron chi connectivity index (χ0n) is 11.8. The summed E-state index contributed by atoms with van der Waals surface area (Å²) < 4.78 is 0. The van der Waals surface area contributed by atoms with Gasteiger partial charge in [0.2, 0.25) is 0 Å². The fourth-order valence-electron chi connectivity index (χ4n) is 1.86. The molecule has 0 radical (unpaired) electrons. The lowest BCUT2D eigenvalue weighted by atomic mass is 9.98. The molecule has 0 fully saturated rings. The van der Waals surface area contributed by atoms with Crippen molar-refractivity contribution in [1.82, 2.24) is 4.98 Å². The number of rotatable bonds is 5. The van der Waals surface area contributed by atoms with E-state index in [4.69, 9.17) is 28.5 Å². The molecular formula is C16H11Cl2N3O2. The van der Waals surface area contributed by atoms with E-state index in [1.165, 1.54) is 12.3 Å². The van der Waals surface area contributed by atoms with Crippen LogP contribution in [0.3, 0.4) is 0 Å². The van der Waals surface area contributed by atoms with Crippen molar-refractivity contribution in [3.8, 4) is 6.07 Å². The number of Topliss-reactive ketones (excluding diaryl/α,β-unsaturated/α-hetero) is 1. The molecule has 2 rings (SSSR count). The normalized spacial score (nSPS) is 11.3. The summed E-state index contributed by atoms with van der Waals surface area (Å²) in [5.74, 6) is -2.39. The van der Waals surface area contributed by atoms with Gasteiger partial charge in [0.25, 0.3) is 5.91 Å². The first-order valence-electron chi connectivity index (χ1n) is 6.59. The number of aromatic nitrogens is 1. The van der Waals surface area contributed by atoms with Gasteiger partial charge in [-0.25, -0.2) is 4.98 Å². The number of benzene rings is 1. The molecule has 0 unspecified atom stereocenters. The fraction of sp³-hybridized carbons (Fsp3) is 0.125. The number of amides is 1. The average molecular weight is 348 g/mol. The quantitative estimate of drug-likeness (QED) is 0.841. The molecule has 1 amide bonds. The summed E-state index contributed by atoms with van der Waals surface area (Å²) >= 11 is 11.7. The summed E-state index contributed by atoms with van der Waals surface area (Å²) in [5, 5.41) is 12.2. The lowest BCUT2D eigenvalue weighted by molar-refractivity contribution is -0.128. The van der Waals surface area contributed by atoms with Crippen LogP contribution in [-0.4, -0.2) is 16.7 Å². The first-order valence-corrected chi connectivity index (χ1v) is 7.35. The van der Waals surface area contributed by atoms with Gasteiger partial charge in [0.05, 0.1) is 16.1 Å². The number of carbonyl (C=O) groups excluding carboxylic acids is 2. The van der Waals surface area contributed by atoms with E-state index in [-0.39, 0.29) is 12.2 Å². The molecule has 0 aliphatic rings. The zero-order valence-corrected chi connectivity index (χ0v) is 13.3. The molecule has 1 aromatic heterocycles. The molecule has 0 aliphatic carbocycles. The Bertz CT molecular complexity index is 773. The van der Waals surface area contributed by atoms with Crippen LogP contribution in [0.5, 0.6) is 0 Å². The molecular weight excluding hydrogens is 337 g/mol. The van der Waals surface area contributed by atoms with E-state index in [1.807, 2.05) is 0 Å². The van der Waals surface area contributed by atoms with Crippen LogP contribution in [0.2, 0.25) is 10.0 Å². The highest BCUT2D eigenvalue weighted by molar-refractivity contribution is 6.42. The average Bonchev–Trinajstić information content (AvgIpc) is 2.52. The highest BCUT2D eigenvalue weighted by atomic mass is 35.5. The number of nitrogens with zero attached hydrogens (tertiary/aromatic N) is 2. The largest absolute Gasteiger partial charge is 0.309 e. The SMILES string of the molecule is N#C[C@H](C(=O)Cc1ccc(Cl)c(Cl)c1)C(=O)Nc1ccccn1. The molecule has 0 bridgehead atoms. The first-order chi connectivity index (χ1) is 11.0. The molecule has 2 aromatic rings. The second kappa shape index (κ2) is 7.73. The molecule has 1 heterocycles. The van der Waals surface area contributed by atoms with Gasteiger partial charge in [0.15, 0.2) is 11.7 Å². The Morgan fingerprint density at radius 2 is 2.00 bits per heavy atom. The minimum atomic E-state index is -1.42. The van der Waals surface area contributed by atoms with Gasteiger partial charge in [-0.15, -0.1) is 0 Å². The van der Waals surface area contributed by atoms with Crippen LogP contribution < -0.4 is 5.32 Å². The van der Waals surface area contributed by atoms with Crippen molar-refractivity contribution in [3.63, 3.8) is 0 Å². The molecule has 7 heteroatoms. The highest BCUT2D eigenvalue weighted by Crippen LogP contribution is 2.23. The molecule has 1 aromatic carbocycles. The fourth-order valence-corrected chi connectivity index (χ4v) is 2.19. The predicted octanol–water partition coefficient (Wildman–Crippen LogP) is 3.28. The molecule has 0 saturated carbocycles. The summed E-state index contributed by atoms with van der Waals surface area (Å²) in [6.45, 7) is 0. The predicted molar refractivity (Wildman–Crippen MR) is 87.1 cm³/mol. The third-order valence-corrected chi connectivity index (χ3v) is 3.73. The van der Waals surface area contributed by atoms with Crippen LogP contribution >= 0.6 is 23.2 Å². The number of pyridine rings is 1. The van der Waals surface area contributed by atoms with Gasteiger partial charge in [-0.2, -0.15) is 5.26 Å². The Morgan fingerprint density at radius 1 is 1.22 bits per heavy atom. The number of ketones is 1. The second-order valence-electron chi connectivity index (χ2n) is 4.66. The van der Waals surface area contributed by atoms with Gasteiger partial charge in [-0.1, -0.05) is 35.3 Å². The van der Waals surface area contributed by atoms with Crippen molar-refractivity contribution < 1.29 is 9.59 Å². The lowest BCUT2D eigenvalue weighted by Gasteiger charge is -2.09. The maximum Gasteiger partial charge on any atom is 0.250 e. The first kappa shape index (κ1) is 16.9. The van der Waals surface area contributed by atoms with E-state index in [0.29, 0.717) is 15.6 Å². The van der Waals surface area contributed by atoms with Gasteiger partial charge in [0, 0.05) is 12.6 Å². The van der Waals surface area contributed by atoms with Crippen molar-refractivity contribution in [1.29, 1.82) is 5.26 Å². The smallest absolute Gasteiger partial charge is 0.250 e. The van der Waals surface area contributed by atoms with E-state index >= 15 is 0 Å².